The molecule has 1 saturated heterocycles. The molecule has 0 spiro atoms. The van der Waals surface area contributed by atoms with Crippen molar-refractivity contribution in [2.45, 2.75) is 50.2 Å². The van der Waals surface area contributed by atoms with E-state index in [2.05, 4.69) is 57.9 Å². The molecule has 6 nitrogen and oxygen atoms in total. The molecular formula is C29H33N5OS. The molecule has 1 amide bonds. The number of imidazole rings is 1. The topological polar surface area (TPSA) is 63.1 Å². The summed E-state index contributed by atoms with van der Waals surface area (Å²) in [5.41, 5.74) is 6.33. The second-order valence-electron chi connectivity index (χ2n) is 9.45. The number of carbonyl (C=O) groups excluding carboxylic acids is 1. The third-order valence-electron chi connectivity index (χ3n) is 6.96. The van der Waals surface area contributed by atoms with Crippen molar-refractivity contribution in [2.24, 2.45) is 0 Å². The van der Waals surface area contributed by atoms with Crippen LogP contribution in [-0.2, 0) is 12.3 Å². The lowest BCUT2D eigenvalue weighted by molar-refractivity contribution is 0.0941. The van der Waals surface area contributed by atoms with Crippen LogP contribution in [0.25, 0.3) is 11.0 Å². The van der Waals surface area contributed by atoms with Crippen LogP contribution in [0.2, 0.25) is 0 Å². The maximum Gasteiger partial charge on any atom is 0.251 e. The van der Waals surface area contributed by atoms with E-state index in [4.69, 9.17) is 4.98 Å². The Hall–Kier alpha value is -3.16. The number of benzene rings is 2. The standard InChI is InChI=1S/C29H33N5OS/c1-3-33-16-4-5-25(33)17-31-28(35)24-12-10-22(11-13-24)19-34-27-18-30-15-14-26(27)32-29(34)36-20-23-8-6-21(2)7-9-23/h6-15,18,25H,3-5,16-17,19-20H2,1-2H3,(H,31,35). The molecule has 1 unspecified atom stereocenters. The van der Waals surface area contributed by atoms with Crippen molar-refractivity contribution in [3.8, 4) is 0 Å². The van der Waals surface area contributed by atoms with Crippen LogP contribution >= 0.6 is 11.8 Å². The van der Waals surface area contributed by atoms with E-state index in [1.165, 1.54) is 17.5 Å². The highest BCUT2D eigenvalue weighted by molar-refractivity contribution is 7.98. The van der Waals surface area contributed by atoms with Crippen molar-refractivity contribution in [1.82, 2.24) is 24.8 Å². The minimum Gasteiger partial charge on any atom is -0.350 e. The fourth-order valence-electron chi connectivity index (χ4n) is 4.84. The molecule has 1 fully saturated rings. The number of likely N-dealkylation sites (N-methyl/N-ethyl adjacent to an activating group) is 1. The zero-order chi connectivity index (χ0) is 24.9. The number of aromatic nitrogens is 3. The quantitative estimate of drug-likeness (QED) is 0.317. The van der Waals surface area contributed by atoms with Gasteiger partial charge in [-0.05, 0) is 62.2 Å². The van der Waals surface area contributed by atoms with Gasteiger partial charge < -0.3 is 9.88 Å². The number of thioether (sulfide) groups is 1. The van der Waals surface area contributed by atoms with E-state index in [1.54, 1.807) is 18.0 Å². The summed E-state index contributed by atoms with van der Waals surface area (Å²) in [5.74, 6) is 0.850. The molecule has 4 aromatic rings. The van der Waals surface area contributed by atoms with Crippen LogP contribution in [-0.4, -0.2) is 51.0 Å². The highest BCUT2D eigenvalue weighted by Gasteiger charge is 2.23. The van der Waals surface area contributed by atoms with Gasteiger partial charge in [-0.3, -0.25) is 14.7 Å². The van der Waals surface area contributed by atoms with Crippen LogP contribution in [0.5, 0.6) is 0 Å². The molecule has 1 aliphatic rings. The Labute approximate surface area is 217 Å². The van der Waals surface area contributed by atoms with E-state index < -0.39 is 0 Å². The van der Waals surface area contributed by atoms with E-state index >= 15 is 0 Å². The fraction of sp³-hybridized carbons (Fsp3) is 0.345. The summed E-state index contributed by atoms with van der Waals surface area (Å²) in [6.07, 6.45) is 6.04. The van der Waals surface area contributed by atoms with E-state index in [9.17, 15) is 4.79 Å². The molecule has 1 atom stereocenters. The van der Waals surface area contributed by atoms with Gasteiger partial charge in [0, 0.05) is 30.1 Å². The van der Waals surface area contributed by atoms with Gasteiger partial charge in [0.05, 0.1) is 23.8 Å². The van der Waals surface area contributed by atoms with Crippen molar-refractivity contribution < 1.29 is 4.79 Å². The number of nitrogens with zero attached hydrogens (tertiary/aromatic N) is 4. The monoisotopic (exact) mass is 499 g/mol. The first-order valence-electron chi connectivity index (χ1n) is 12.7. The Bertz CT molecular complexity index is 1320. The van der Waals surface area contributed by atoms with Gasteiger partial charge in [-0.2, -0.15) is 0 Å². The molecule has 3 heterocycles. The molecule has 2 aromatic heterocycles. The highest BCUT2D eigenvalue weighted by atomic mass is 32.2. The smallest absolute Gasteiger partial charge is 0.251 e. The Morgan fingerprint density at radius 3 is 2.64 bits per heavy atom. The van der Waals surface area contributed by atoms with E-state index in [0.29, 0.717) is 24.7 Å². The number of nitrogens with one attached hydrogen (secondary N) is 1. The number of amides is 1. The van der Waals surface area contributed by atoms with Crippen LogP contribution in [0.1, 0.15) is 46.8 Å². The third-order valence-corrected chi connectivity index (χ3v) is 8.01. The molecule has 36 heavy (non-hydrogen) atoms. The summed E-state index contributed by atoms with van der Waals surface area (Å²) in [7, 11) is 0. The molecule has 2 aromatic carbocycles. The second kappa shape index (κ2) is 11.3. The van der Waals surface area contributed by atoms with E-state index in [-0.39, 0.29) is 5.91 Å². The number of fused-ring (bicyclic) bond motifs is 1. The average molecular weight is 500 g/mol. The Morgan fingerprint density at radius 1 is 1.08 bits per heavy atom. The van der Waals surface area contributed by atoms with Gasteiger partial charge in [0.15, 0.2) is 5.16 Å². The van der Waals surface area contributed by atoms with Gasteiger partial charge in [-0.25, -0.2) is 4.98 Å². The SMILES string of the molecule is CCN1CCCC1CNC(=O)c1ccc(Cn2c(SCc3ccc(C)cc3)nc3ccncc32)cc1. The lowest BCUT2D eigenvalue weighted by Crippen LogP contribution is -2.40. The molecule has 1 aliphatic heterocycles. The zero-order valence-corrected chi connectivity index (χ0v) is 21.8. The lowest BCUT2D eigenvalue weighted by atomic mass is 10.1. The number of pyridine rings is 1. The molecule has 5 rings (SSSR count). The summed E-state index contributed by atoms with van der Waals surface area (Å²) in [4.78, 5) is 24.4. The minimum absolute atomic E-state index is 0.00359. The zero-order valence-electron chi connectivity index (χ0n) is 21.0. The second-order valence-corrected chi connectivity index (χ2v) is 10.4. The number of hydrogen-bond donors (Lipinski definition) is 1. The Balaban J connectivity index is 1.27. The van der Waals surface area contributed by atoms with Crippen LogP contribution in [0, 0.1) is 6.92 Å². The molecule has 1 N–H and O–H groups in total. The molecule has 186 valence electrons. The fourth-order valence-corrected chi connectivity index (χ4v) is 5.81. The number of rotatable bonds is 9. The first kappa shape index (κ1) is 24.5. The van der Waals surface area contributed by atoms with Crippen LogP contribution in [0.3, 0.4) is 0 Å². The molecular weight excluding hydrogens is 466 g/mol. The van der Waals surface area contributed by atoms with Gasteiger partial charge in [0.1, 0.15) is 0 Å². The Morgan fingerprint density at radius 2 is 1.86 bits per heavy atom. The van der Waals surface area contributed by atoms with Gasteiger partial charge >= 0.3 is 0 Å². The molecule has 7 heteroatoms. The van der Waals surface area contributed by atoms with E-state index in [0.717, 1.165) is 47.0 Å². The minimum atomic E-state index is -0.00359. The van der Waals surface area contributed by atoms with Gasteiger partial charge in [0.25, 0.3) is 5.91 Å². The van der Waals surface area contributed by atoms with Crippen molar-refractivity contribution in [2.75, 3.05) is 19.6 Å². The summed E-state index contributed by atoms with van der Waals surface area (Å²) < 4.78 is 2.22. The number of carbonyl (C=O) groups is 1. The summed E-state index contributed by atoms with van der Waals surface area (Å²) in [6.45, 7) is 7.85. The summed E-state index contributed by atoms with van der Waals surface area (Å²) in [5, 5.41) is 4.10. The highest BCUT2D eigenvalue weighted by Crippen LogP contribution is 2.27. The number of aryl methyl sites for hydroxylation is 1. The predicted molar refractivity (Wildman–Crippen MR) is 146 cm³/mol. The lowest BCUT2D eigenvalue weighted by Gasteiger charge is -2.22. The first-order chi connectivity index (χ1) is 17.6. The number of likely N-dealkylation sites (tertiary alicyclic amines) is 1. The normalized spacial score (nSPS) is 16.0. The summed E-state index contributed by atoms with van der Waals surface area (Å²) in [6, 6.07) is 19.0. The Kier molecular flexibility index (Phi) is 7.68. The number of hydrogen-bond acceptors (Lipinski definition) is 5. The van der Waals surface area contributed by atoms with Crippen molar-refractivity contribution in [3.63, 3.8) is 0 Å². The van der Waals surface area contributed by atoms with Gasteiger partial charge in [-0.1, -0.05) is 60.6 Å². The molecule has 0 aliphatic carbocycles. The average Bonchev–Trinajstić information content (AvgIpc) is 3.51. The predicted octanol–water partition coefficient (Wildman–Crippen LogP) is 5.29. The third kappa shape index (κ3) is 5.63. The largest absolute Gasteiger partial charge is 0.350 e. The van der Waals surface area contributed by atoms with Crippen molar-refractivity contribution in [3.05, 3.63) is 89.2 Å². The van der Waals surface area contributed by atoms with Gasteiger partial charge in [-0.15, -0.1) is 0 Å². The summed E-state index contributed by atoms with van der Waals surface area (Å²) >= 11 is 1.74. The van der Waals surface area contributed by atoms with E-state index in [1.807, 2.05) is 36.5 Å². The van der Waals surface area contributed by atoms with Crippen LogP contribution in [0.4, 0.5) is 0 Å². The van der Waals surface area contributed by atoms with Crippen molar-refractivity contribution in [1.29, 1.82) is 0 Å². The molecule has 0 saturated carbocycles. The molecule has 0 bridgehead atoms. The maximum absolute atomic E-state index is 12.7. The first-order valence-corrected chi connectivity index (χ1v) is 13.7. The van der Waals surface area contributed by atoms with Crippen molar-refractivity contribution >= 4 is 28.7 Å². The van der Waals surface area contributed by atoms with Crippen LogP contribution < -0.4 is 5.32 Å². The van der Waals surface area contributed by atoms with Crippen LogP contribution in [0.15, 0.2) is 72.1 Å². The molecule has 0 radical (unpaired) electrons. The van der Waals surface area contributed by atoms with Gasteiger partial charge in [0.2, 0.25) is 0 Å². The maximum atomic E-state index is 12.7.